The number of hydrogen-bond acceptors (Lipinski definition) is 1. The third-order valence-corrected chi connectivity index (χ3v) is 3.81. The van der Waals surface area contributed by atoms with Crippen molar-refractivity contribution in [2.24, 2.45) is 0 Å². The normalized spacial score (nSPS) is 10.3. The van der Waals surface area contributed by atoms with Gasteiger partial charge in [0.2, 0.25) is 0 Å². The molecule has 0 aliphatic heterocycles. The van der Waals surface area contributed by atoms with Gasteiger partial charge in [-0.3, -0.25) is 4.79 Å². The van der Waals surface area contributed by atoms with Crippen LogP contribution in [0.25, 0.3) is 0 Å². The second-order valence-electron chi connectivity index (χ2n) is 3.70. The van der Waals surface area contributed by atoms with Crippen molar-refractivity contribution in [1.82, 2.24) is 0 Å². The third-order valence-electron chi connectivity index (χ3n) is 2.35. The average Bonchev–Trinajstić information content (AvgIpc) is 2.33. The van der Waals surface area contributed by atoms with E-state index in [1.807, 2.05) is 0 Å². The molecule has 6 heteroatoms. The summed E-state index contributed by atoms with van der Waals surface area (Å²) in [4.78, 5) is 12.1. The lowest BCUT2D eigenvalue weighted by Gasteiger charge is -2.09. The Balaban J connectivity index is 2.28. The first kappa shape index (κ1) is 14.7. The molecule has 0 saturated carbocycles. The summed E-state index contributed by atoms with van der Waals surface area (Å²) in [5.41, 5.74) is 0.918. The molecule has 0 bridgehead atoms. The van der Waals surface area contributed by atoms with E-state index in [0.717, 1.165) is 0 Å². The van der Waals surface area contributed by atoms with Crippen LogP contribution in [0.1, 0.15) is 10.4 Å². The lowest BCUT2D eigenvalue weighted by atomic mass is 10.2. The lowest BCUT2D eigenvalue weighted by molar-refractivity contribution is 0.102. The third kappa shape index (κ3) is 3.63. The van der Waals surface area contributed by atoms with Crippen molar-refractivity contribution in [2.45, 2.75) is 0 Å². The van der Waals surface area contributed by atoms with Gasteiger partial charge in [0.15, 0.2) is 0 Å². The topological polar surface area (TPSA) is 29.1 Å². The van der Waals surface area contributed by atoms with E-state index in [9.17, 15) is 4.79 Å². The van der Waals surface area contributed by atoms with E-state index in [1.54, 1.807) is 36.4 Å². The summed E-state index contributed by atoms with van der Waals surface area (Å²) < 4.78 is 0.607. The van der Waals surface area contributed by atoms with Crippen LogP contribution in [-0.2, 0) is 0 Å². The Morgan fingerprint density at radius 2 is 1.63 bits per heavy atom. The Kier molecular flexibility index (Phi) is 4.74. The fraction of sp³-hybridized carbons (Fsp3) is 0. The van der Waals surface area contributed by atoms with Gasteiger partial charge in [-0.2, -0.15) is 0 Å². The maximum atomic E-state index is 12.1. The van der Waals surface area contributed by atoms with Gasteiger partial charge >= 0.3 is 0 Å². The largest absolute Gasteiger partial charge is 0.321 e. The van der Waals surface area contributed by atoms with Crippen molar-refractivity contribution in [1.29, 1.82) is 0 Å². The molecule has 0 aromatic heterocycles. The summed E-state index contributed by atoms with van der Waals surface area (Å²) in [6.45, 7) is 0. The number of amides is 1. The molecule has 0 aliphatic carbocycles. The summed E-state index contributed by atoms with van der Waals surface area (Å²) in [6, 6.07) is 9.77. The summed E-state index contributed by atoms with van der Waals surface area (Å²) in [5, 5.41) is 4.16. The van der Waals surface area contributed by atoms with Gasteiger partial charge in [-0.05, 0) is 52.3 Å². The highest BCUT2D eigenvalue weighted by Gasteiger charge is 2.12. The minimum Gasteiger partial charge on any atom is -0.321 e. The molecule has 0 aliphatic rings. The van der Waals surface area contributed by atoms with E-state index in [2.05, 4.69) is 21.2 Å². The molecule has 1 amide bonds. The van der Waals surface area contributed by atoms with Crippen LogP contribution in [0.15, 0.2) is 40.9 Å². The van der Waals surface area contributed by atoms with E-state index < -0.39 is 0 Å². The van der Waals surface area contributed by atoms with E-state index in [4.69, 9.17) is 34.8 Å². The van der Waals surface area contributed by atoms with Crippen molar-refractivity contribution < 1.29 is 4.79 Å². The van der Waals surface area contributed by atoms with Gasteiger partial charge in [-0.1, -0.05) is 34.8 Å². The molecule has 2 aromatic carbocycles. The van der Waals surface area contributed by atoms with Gasteiger partial charge in [0.1, 0.15) is 0 Å². The number of nitrogens with one attached hydrogen (secondary N) is 1. The zero-order chi connectivity index (χ0) is 14.0. The summed E-state index contributed by atoms with van der Waals surface area (Å²) in [6.07, 6.45) is 0. The Labute approximate surface area is 133 Å². The van der Waals surface area contributed by atoms with Crippen molar-refractivity contribution in [3.63, 3.8) is 0 Å². The number of carbonyl (C=O) groups is 1. The first-order chi connectivity index (χ1) is 8.97. The van der Waals surface area contributed by atoms with Crippen molar-refractivity contribution >= 4 is 62.3 Å². The van der Waals surface area contributed by atoms with Crippen molar-refractivity contribution in [3.8, 4) is 0 Å². The van der Waals surface area contributed by atoms with Gasteiger partial charge in [0.25, 0.3) is 5.91 Å². The maximum Gasteiger partial charge on any atom is 0.256 e. The zero-order valence-electron chi connectivity index (χ0n) is 9.38. The first-order valence-electron chi connectivity index (χ1n) is 5.19. The second kappa shape index (κ2) is 6.14. The number of rotatable bonds is 2. The molecule has 0 spiro atoms. The number of hydrogen-bond donors (Lipinski definition) is 1. The number of halogens is 4. The SMILES string of the molecule is O=C(Nc1cc(Cl)ccc1Cl)c1ccc(Cl)cc1Br. The Bertz CT molecular complexity index is 646. The molecule has 2 nitrogen and oxygen atoms in total. The van der Waals surface area contributed by atoms with Crippen LogP contribution in [0.3, 0.4) is 0 Å². The van der Waals surface area contributed by atoms with Gasteiger partial charge in [-0.15, -0.1) is 0 Å². The predicted octanol–water partition coefficient (Wildman–Crippen LogP) is 5.66. The molecular formula is C13H7BrCl3NO. The van der Waals surface area contributed by atoms with Crippen molar-refractivity contribution in [3.05, 3.63) is 61.5 Å². The minimum atomic E-state index is -0.298. The maximum absolute atomic E-state index is 12.1. The lowest BCUT2D eigenvalue weighted by Crippen LogP contribution is -2.12. The molecule has 0 fully saturated rings. The van der Waals surface area contributed by atoms with Crippen LogP contribution in [0.2, 0.25) is 15.1 Å². The standard InChI is InChI=1S/C13H7BrCl3NO/c14-10-5-7(15)1-3-9(10)13(19)18-12-6-8(16)2-4-11(12)17/h1-6H,(H,18,19). The van der Waals surface area contributed by atoms with Gasteiger partial charge in [0.05, 0.1) is 16.3 Å². The highest BCUT2D eigenvalue weighted by molar-refractivity contribution is 9.10. The molecule has 98 valence electrons. The van der Waals surface area contributed by atoms with E-state index >= 15 is 0 Å². The van der Waals surface area contributed by atoms with Crippen LogP contribution in [0.4, 0.5) is 5.69 Å². The number of carbonyl (C=O) groups excluding carboxylic acids is 1. The molecular weight excluding hydrogens is 372 g/mol. The quantitative estimate of drug-likeness (QED) is 0.716. The molecule has 2 aromatic rings. The molecule has 0 saturated heterocycles. The fourth-order valence-corrected chi connectivity index (χ4v) is 2.66. The average molecular weight is 379 g/mol. The van der Waals surface area contributed by atoms with Crippen LogP contribution in [0, 0.1) is 0 Å². The molecule has 2 rings (SSSR count). The zero-order valence-corrected chi connectivity index (χ0v) is 13.2. The van der Waals surface area contributed by atoms with E-state index in [-0.39, 0.29) is 5.91 Å². The molecule has 0 heterocycles. The van der Waals surface area contributed by atoms with Crippen LogP contribution < -0.4 is 5.32 Å². The molecule has 0 radical (unpaired) electrons. The highest BCUT2D eigenvalue weighted by atomic mass is 79.9. The number of anilines is 1. The van der Waals surface area contributed by atoms with Crippen molar-refractivity contribution in [2.75, 3.05) is 5.32 Å². The molecule has 0 unspecified atom stereocenters. The van der Waals surface area contributed by atoms with Gasteiger partial charge in [-0.25, -0.2) is 0 Å². The highest BCUT2D eigenvalue weighted by Crippen LogP contribution is 2.27. The Morgan fingerprint density at radius 3 is 2.32 bits per heavy atom. The van der Waals surface area contributed by atoms with Gasteiger partial charge < -0.3 is 5.32 Å². The van der Waals surface area contributed by atoms with E-state index in [1.165, 1.54) is 0 Å². The first-order valence-corrected chi connectivity index (χ1v) is 7.11. The summed E-state index contributed by atoms with van der Waals surface area (Å²) >= 11 is 21.0. The summed E-state index contributed by atoms with van der Waals surface area (Å²) in [7, 11) is 0. The smallest absolute Gasteiger partial charge is 0.256 e. The van der Waals surface area contributed by atoms with Crippen LogP contribution in [-0.4, -0.2) is 5.91 Å². The van der Waals surface area contributed by atoms with Crippen LogP contribution in [0.5, 0.6) is 0 Å². The Morgan fingerprint density at radius 1 is 1.00 bits per heavy atom. The minimum absolute atomic E-state index is 0.298. The molecule has 0 atom stereocenters. The van der Waals surface area contributed by atoms with Gasteiger partial charge in [0, 0.05) is 14.5 Å². The summed E-state index contributed by atoms with van der Waals surface area (Å²) in [5.74, 6) is -0.298. The predicted molar refractivity (Wildman–Crippen MR) is 83.6 cm³/mol. The monoisotopic (exact) mass is 377 g/mol. The second-order valence-corrected chi connectivity index (χ2v) is 5.84. The van der Waals surface area contributed by atoms with E-state index in [0.29, 0.717) is 30.8 Å². The molecule has 1 N–H and O–H groups in total. The Hall–Kier alpha value is -0.740. The molecule has 19 heavy (non-hydrogen) atoms. The van der Waals surface area contributed by atoms with Crippen LogP contribution >= 0.6 is 50.7 Å². The fourth-order valence-electron chi connectivity index (χ4n) is 1.46. The number of benzene rings is 2.